The predicted molar refractivity (Wildman–Crippen MR) is 155 cm³/mol. The van der Waals surface area contributed by atoms with E-state index in [0.29, 0.717) is 5.92 Å². The summed E-state index contributed by atoms with van der Waals surface area (Å²) in [6.45, 7) is 23.1. The van der Waals surface area contributed by atoms with Crippen molar-refractivity contribution in [1.82, 2.24) is 0 Å². The van der Waals surface area contributed by atoms with Gasteiger partial charge in [-0.05, 0) is 51.4 Å². The smallest absolute Gasteiger partial charge is 0.196 e. The Kier molecular flexibility index (Phi) is 7.89. The molecular formula is C34H50N2+2. The van der Waals surface area contributed by atoms with Crippen LogP contribution in [0, 0.1) is 11.3 Å². The summed E-state index contributed by atoms with van der Waals surface area (Å²) in [6, 6.07) is 9.46. The highest BCUT2D eigenvalue weighted by molar-refractivity contribution is 5.74. The van der Waals surface area contributed by atoms with Gasteiger partial charge in [-0.25, -0.2) is 0 Å². The Bertz CT molecular complexity index is 1200. The van der Waals surface area contributed by atoms with Crippen LogP contribution in [0.2, 0.25) is 0 Å². The fraction of sp³-hybridized carbons (Fsp3) is 0.529. The first kappa shape index (κ1) is 28.1. The number of aryl methyl sites for hydroxylation is 1. The molecule has 0 N–H and O–H groups in total. The molecule has 0 saturated heterocycles. The Morgan fingerprint density at radius 1 is 0.750 bits per heavy atom. The molecule has 2 nitrogen and oxygen atoms in total. The molecule has 1 unspecified atom stereocenters. The van der Waals surface area contributed by atoms with Crippen molar-refractivity contribution in [2.75, 3.05) is 0 Å². The molecular weight excluding hydrogens is 436 g/mol. The second-order valence-electron chi connectivity index (χ2n) is 13.8. The third kappa shape index (κ3) is 6.25. The number of nitrogens with zero attached hydrogens (tertiary/aromatic N) is 2. The highest BCUT2D eigenvalue weighted by Gasteiger charge is 2.31. The summed E-state index contributed by atoms with van der Waals surface area (Å²) in [6.07, 6.45) is 14.3. The fourth-order valence-electron chi connectivity index (χ4n) is 4.82. The summed E-state index contributed by atoms with van der Waals surface area (Å²) in [5.74, 6) is 0.447. The minimum atomic E-state index is 0.0426. The minimum Gasteiger partial charge on any atom is -0.196 e. The second kappa shape index (κ2) is 10.1. The first-order chi connectivity index (χ1) is 16.5. The summed E-state index contributed by atoms with van der Waals surface area (Å²) in [7, 11) is 4.40. The number of allylic oxidation sites excluding steroid dienone is 6. The first-order valence-corrected chi connectivity index (χ1v) is 13.7. The maximum absolute atomic E-state index is 2.50. The molecule has 36 heavy (non-hydrogen) atoms. The van der Waals surface area contributed by atoms with Gasteiger partial charge >= 0.3 is 0 Å². The molecule has 0 bridgehead atoms. The van der Waals surface area contributed by atoms with Crippen LogP contribution >= 0.6 is 0 Å². The van der Waals surface area contributed by atoms with Crippen LogP contribution in [0.25, 0.3) is 17.0 Å². The molecule has 0 amide bonds. The van der Waals surface area contributed by atoms with Crippen LogP contribution < -0.4 is 9.13 Å². The van der Waals surface area contributed by atoms with E-state index in [2.05, 4.69) is 147 Å². The molecule has 2 aromatic rings. The van der Waals surface area contributed by atoms with Gasteiger partial charge in [-0.1, -0.05) is 93.9 Å². The lowest BCUT2D eigenvalue weighted by molar-refractivity contribution is -0.691. The van der Waals surface area contributed by atoms with E-state index in [1.54, 1.807) is 0 Å². The molecule has 1 aliphatic rings. The molecule has 2 aromatic heterocycles. The molecule has 2 heteroatoms. The SMILES string of the molecule is CCCC1C=CC(C(C)(C)C)=CC(c2cc(C(C)(C)C)cc(-c3cc(C(C)(C)C)cc[n+]3C)[n+]2C)=C1. The molecule has 0 spiro atoms. The highest BCUT2D eigenvalue weighted by atomic mass is 15.0. The molecule has 0 radical (unpaired) electrons. The zero-order valence-corrected chi connectivity index (χ0v) is 25.1. The van der Waals surface area contributed by atoms with Crippen LogP contribution in [0.5, 0.6) is 0 Å². The molecule has 0 fully saturated rings. The summed E-state index contributed by atoms with van der Waals surface area (Å²) >= 11 is 0. The van der Waals surface area contributed by atoms with E-state index in [4.69, 9.17) is 0 Å². The Morgan fingerprint density at radius 3 is 1.89 bits per heavy atom. The summed E-state index contributed by atoms with van der Waals surface area (Å²) in [5, 5.41) is 0. The van der Waals surface area contributed by atoms with Crippen molar-refractivity contribution in [3.63, 3.8) is 0 Å². The van der Waals surface area contributed by atoms with Gasteiger partial charge < -0.3 is 0 Å². The van der Waals surface area contributed by atoms with E-state index >= 15 is 0 Å². The van der Waals surface area contributed by atoms with Crippen LogP contribution in [-0.4, -0.2) is 0 Å². The lowest BCUT2D eigenvalue weighted by atomic mass is 9.83. The van der Waals surface area contributed by atoms with E-state index in [9.17, 15) is 0 Å². The molecule has 3 rings (SSSR count). The molecule has 2 heterocycles. The van der Waals surface area contributed by atoms with Crippen molar-refractivity contribution in [1.29, 1.82) is 0 Å². The average Bonchev–Trinajstić information content (AvgIpc) is 2.96. The Hall–Kier alpha value is -2.48. The van der Waals surface area contributed by atoms with Gasteiger partial charge in [-0.15, -0.1) is 0 Å². The molecule has 1 atom stereocenters. The van der Waals surface area contributed by atoms with E-state index < -0.39 is 0 Å². The maximum Gasteiger partial charge on any atom is 0.277 e. The second-order valence-corrected chi connectivity index (χ2v) is 13.8. The van der Waals surface area contributed by atoms with Crippen molar-refractivity contribution < 1.29 is 9.13 Å². The monoisotopic (exact) mass is 486 g/mol. The Morgan fingerprint density at radius 2 is 1.33 bits per heavy atom. The Balaban J connectivity index is 2.36. The highest BCUT2D eigenvalue weighted by Crippen LogP contribution is 2.35. The third-order valence-corrected chi connectivity index (χ3v) is 7.46. The molecule has 0 aliphatic heterocycles. The normalized spacial score (nSPS) is 17.1. The van der Waals surface area contributed by atoms with Crippen LogP contribution in [0.4, 0.5) is 0 Å². The van der Waals surface area contributed by atoms with Crippen molar-refractivity contribution in [3.05, 3.63) is 77.2 Å². The lowest BCUT2D eigenvalue weighted by Gasteiger charge is -2.22. The fourth-order valence-corrected chi connectivity index (χ4v) is 4.82. The van der Waals surface area contributed by atoms with Gasteiger partial charge in [0.25, 0.3) is 11.4 Å². The zero-order chi connectivity index (χ0) is 27.1. The van der Waals surface area contributed by atoms with Gasteiger partial charge in [0.1, 0.15) is 14.1 Å². The first-order valence-electron chi connectivity index (χ1n) is 13.7. The summed E-state index contributed by atoms with van der Waals surface area (Å²) < 4.78 is 4.67. The largest absolute Gasteiger partial charge is 0.277 e. The van der Waals surface area contributed by atoms with Gasteiger partial charge in [0.15, 0.2) is 6.20 Å². The number of rotatable bonds is 4. The predicted octanol–water partition coefficient (Wildman–Crippen LogP) is 7.94. The number of hydrogen-bond donors (Lipinski definition) is 0. The quantitative estimate of drug-likeness (QED) is 0.388. The van der Waals surface area contributed by atoms with E-state index in [1.807, 2.05) is 0 Å². The number of pyridine rings is 2. The molecule has 194 valence electrons. The van der Waals surface area contributed by atoms with Crippen LogP contribution in [-0.2, 0) is 24.9 Å². The van der Waals surface area contributed by atoms with E-state index in [1.165, 1.54) is 52.2 Å². The van der Waals surface area contributed by atoms with Gasteiger partial charge in [-0.3, -0.25) is 0 Å². The minimum absolute atomic E-state index is 0.0426. The summed E-state index contributed by atoms with van der Waals surface area (Å²) in [5.41, 5.74) is 9.44. The topological polar surface area (TPSA) is 7.76 Å². The van der Waals surface area contributed by atoms with Crippen LogP contribution in [0.1, 0.15) is 98.9 Å². The van der Waals surface area contributed by atoms with Crippen molar-refractivity contribution >= 4 is 5.57 Å². The van der Waals surface area contributed by atoms with E-state index in [-0.39, 0.29) is 16.2 Å². The van der Waals surface area contributed by atoms with Gasteiger partial charge in [-0.2, -0.15) is 9.13 Å². The van der Waals surface area contributed by atoms with Crippen molar-refractivity contribution in [2.45, 2.75) is 92.9 Å². The van der Waals surface area contributed by atoms with Gasteiger partial charge in [0.05, 0.1) is 0 Å². The summed E-state index contributed by atoms with van der Waals surface area (Å²) in [4.78, 5) is 0. The standard InChI is InChI=1S/C34H50N2/c1-13-14-24-15-16-26(32(2,3)4)20-25(19-24)29-22-28(34(8,9)10)23-31(36(29)12)30-21-27(33(5,6)7)17-18-35(30)11/h15-24H,13-14H2,1-12H3/q+2. The van der Waals surface area contributed by atoms with Gasteiger partial charge in [0, 0.05) is 29.8 Å². The maximum atomic E-state index is 2.50. The number of aromatic nitrogens is 2. The van der Waals surface area contributed by atoms with Gasteiger partial charge in [0.2, 0.25) is 5.69 Å². The molecule has 1 aliphatic carbocycles. The van der Waals surface area contributed by atoms with Crippen molar-refractivity contribution in [2.24, 2.45) is 25.4 Å². The average molecular weight is 487 g/mol. The third-order valence-electron chi connectivity index (χ3n) is 7.46. The lowest BCUT2D eigenvalue weighted by Crippen LogP contribution is -2.42. The van der Waals surface area contributed by atoms with Crippen molar-refractivity contribution in [3.8, 4) is 11.4 Å². The zero-order valence-electron chi connectivity index (χ0n) is 25.1. The molecule has 0 aromatic carbocycles. The molecule has 0 saturated carbocycles. The van der Waals surface area contributed by atoms with E-state index in [0.717, 1.165) is 0 Å². The Labute approximate surface area is 221 Å². The van der Waals surface area contributed by atoms with Crippen LogP contribution in [0.15, 0.2) is 60.3 Å². The van der Waals surface area contributed by atoms with Crippen LogP contribution in [0.3, 0.4) is 0 Å². The number of hydrogen-bond acceptors (Lipinski definition) is 0.